The highest BCUT2D eigenvalue weighted by Crippen LogP contribution is 2.39. The Morgan fingerprint density at radius 1 is 1.13 bits per heavy atom. The molecule has 3 aromatic rings. The van der Waals surface area contributed by atoms with Gasteiger partial charge in [-0.3, -0.25) is 14.7 Å². The average molecular weight is 415 g/mol. The summed E-state index contributed by atoms with van der Waals surface area (Å²) in [6.07, 6.45) is 3.64. The maximum Gasteiger partial charge on any atom is 0.243 e. The second-order valence-corrected chi connectivity index (χ2v) is 7.93. The van der Waals surface area contributed by atoms with Crippen molar-refractivity contribution < 1.29 is 9.59 Å². The highest BCUT2D eigenvalue weighted by Gasteiger charge is 2.26. The Morgan fingerprint density at radius 2 is 1.77 bits per heavy atom. The van der Waals surface area contributed by atoms with E-state index in [1.807, 2.05) is 61.5 Å². The average Bonchev–Trinajstić information content (AvgIpc) is 3.56. The van der Waals surface area contributed by atoms with Crippen LogP contribution in [-0.2, 0) is 16.1 Å². The van der Waals surface area contributed by atoms with E-state index in [1.165, 1.54) is 18.9 Å². The summed E-state index contributed by atoms with van der Waals surface area (Å²) >= 11 is 0. The minimum Gasteiger partial charge on any atom is -0.348 e. The molecule has 0 spiro atoms. The number of hydrogen-bond donors (Lipinski definition) is 3. The minimum absolute atomic E-state index is 0.0764. The predicted molar refractivity (Wildman–Crippen MR) is 122 cm³/mol. The van der Waals surface area contributed by atoms with Crippen molar-refractivity contribution in [2.75, 3.05) is 5.32 Å². The van der Waals surface area contributed by atoms with Crippen LogP contribution in [0.15, 0.2) is 67.3 Å². The molecule has 1 saturated carbocycles. The van der Waals surface area contributed by atoms with Crippen LogP contribution in [-0.4, -0.2) is 22.0 Å². The van der Waals surface area contributed by atoms with Gasteiger partial charge < -0.3 is 10.6 Å². The molecule has 0 bridgehead atoms. The topological polar surface area (TPSA) is 86.9 Å². The van der Waals surface area contributed by atoms with Gasteiger partial charge in [-0.25, -0.2) is 0 Å². The summed E-state index contributed by atoms with van der Waals surface area (Å²) < 4.78 is 0. The summed E-state index contributed by atoms with van der Waals surface area (Å²) in [5, 5.41) is 12.9. The van der Waals surface area contributed by atoms with Gasteiger partial charge in [-0.05, 0) is 48.1 Å². The molecule has 2 amide bonds. The number of anilines is 1. The van der Waals surface area contributed by atoms with E-state index >= 15 is 0 Å². The van der Waals surface area contributed by atoms with E-state index in [9.17, 15) is 9.59 Å². The molecule has 0 saturated heterocycles. The first kappa shape index (κ1) is 20.6. The summed E-state index contributed by atoms with van der Waals surface area (Å²) in [4.78, 5) is 23.9. The zero-order chi connectivity index (χ0) is 21.8. The Morgan fingerprint density at radius 3 is 2.39 bits per heavy atom. The van der Waals surface area contributed by atoms with Crippen LogP contribution in [0.25, 0.3) is 11.1 Å². The Kier molecular flexibility index (Phi) is 5.98. The quantitative estimate of drug-likeness (QED) is 0.474. The van der Waals surface area contributed by atoms with Crippen LogP contribution in [0.3, 0.4) is 0 Å². The molecule has 1 aromatic heterocycles. The molecule has 0 unspecified atom stereocenters. The lowest BCUT2D eigenvalue weighted by atomic mass is 9.96. The zero-order valence-electron chi connectivity index (χ0n) is 17.5. The number of benzene rings is 2. The summed E-state index contributed by atoms with van der Waals surface area (Å²) in [5.41, 5.74) is 5.21. The lowest BCUT2D eigenvalue weighted by molar-refractivity contribution is -0.117. The van der Waals surface area contributed by atoms with Crippen LogP contribution in [0, 0.1) is 0 Å². The van der Waals surface area contributed by atoms with E-state index < -0.39 is 0 Å². The number of carbonyl (C=O) groups is 2. The Balaban J connectivity index is 1.36. The SMILES string of the molecule is C=CC(=O)NCc1ccc(-c2ccc([C@@H](C)C(=O)Nc3cc(C4CC4)[nH]n3)cc2)cc1. The van der Waals surface area contributed by atoms with E-state index in [2.05, 4.69) is 27.4 Å². The molecule has 6 nitrogen and oxygen atoms in total. The molecule has 1 fully saturated rings. The van der Waals surface area contributed by atoms with Crippen LogP contribution < -0.4 is 10.6 Å². The fourth-order valence-corrected chi connectivity index (χ4v) is 3.43. The maximum atomic E-state index is 12.6. The molecule has 1 aliphatic carbocycles. The smallest absolute Gasteiger partial charge is 0.243 e. The summed E-state index contributed by atoms with van der Waals surface area (Å²) in [6.45, 7) is 5.81. The van der Waals surface area contributed by atoms with Gasteiger partial charge in [0.05, 0.1) is 5.92 Å². The lowest BCUT2D eigenvalue weighted by Crippen LogP contribution is -2.19. The van der Waals surface area contributed by atoms with Crippen LogP contribution in [0.2, 0.25) is 0 Å². The molecule has 31 heavy (non-hydrogen) atoms. The van der Waals surface area contributed by atoms with Crippen molar-refractivity contribution in [1.82, 2.24) is 15.5 Å². The van der Waals surface area contributed by atoms with Crippen molar-refractivity contribution in [2.45, 2.75) is 38.1 Å². The standard InChI is InChI=1S/C25H26N4O2/c1-3-24(30)26-15-17-4-6-19(7-5-17)20-10-8-18(9-11-20)16(2)25(31)27-23-14-22(28-29-23)21-12-13-21/h3-11,14,16,21H,1,12-13,15H2,2H3,(H,26,30)(H2,27,28,29,31)/t16-/m1/s1. The van der Waals surface area contributed by atoms with Crippen LogP contribution in [0.1, 0.15) is 48.4 Å². The number of aromatic nitrogens is 2. The van der Waals surface area contributed by atoms with Crippen LogP contribution in [0.5, 0.6) is 0 Å². The summed E-state index contributed by atoms with van der Waals surface area (Å²) in [7, 11) is 0. The number of amides is 2. The first-order valence-corrected chi connectivity index (χ1v) is 10.5. The molecule has 158 valence electrons. The molecule has 3 N–H and O–H groups in total. The third-order valence-electron chi connectivity index (χ3n) is 5.61. The fourth-order valence-electron chi connectivity index (χ4n) is 3.43. The number of nitrogens with one attached hydrogen (secondary N) is 3. The molecular formula is C25H26N4O2. The second kappa shape index (κ2) is 9.00. The third kappa shape index (κ3) is 5.09. The number of H-pyrrole nitrogens is 1. The molecular weight excluding hydrogens is 388 g/mol. The Bertz CT molecular complexity index is 1080. The van der Waals surface area contributed by atoms with Gasteiger partial charge in [-0.2, -0.15) is 5.10 Å². The van der Waals surface area contributed by atoms with Crippen molar-refractivity contribution in [3.05, 3.63) is 84.1 Å². The Hall–Kier alpha value is -3.67. The van der Waals surface area contributed by atoms with Crippen LogP contribution >= 0.6 is 0 Å². The third-order valence-corrected chi connectivity index (χ3v) is 5.61. The molecule has 0 aliphatic heterocycles. The van der Waals surface area contributed by atoms with Gasteiger partial charge in [0, 0.05) is 24.2 Å². The van der Waals surface area contributed by atoms with Gasteiger partial charge in [0.25, 0.3) is 0 Å². The number of hydrogen-bond acceptors (Lipinski definition) is 3. The molecule has 1 atom stereocenters. The van der Waals surface area contributed by atoms with E-state index in [-0.39, 0.29) is 17.7 Å². The van der Waals surface area contributed by atoms with Crippen LogP contribution in [0.4, 0.5) is 5.82 Å². The number of carbonyl (C=O) groups excluding carboxylic acids is 2. The number of aromatic amines is 1. The van der Waals surface area contributed by atoms with Crippen molar-refractivity contribution in [3.63, 3.8) is 0 Å². The normalized spacial score (nSPS) is 14.0. The van der Waals surface area contributed by atoms with E-state index in [4.69, 9.17) is 0 Å². The maximum absolute atomic E-state index is 12.6. The van der Waals surface area contributed by atoms with Gasteiger partial charge >= 0.3 is 0 Å². The van der Waals surface area contributed by atoms with E-state index in [0.29, 0.717) is 18.3 Å². The first-order chi connectivity index (χ1) is 15.0. The molecule has 6 heteroatoms. The fraction of sp³-hybridized carbons (Fsp3) is 0.240. The predicted octanol–water partition coefficient (Wildman–Crippen LogP) is 4.50. The van der Waals surface area contributed by atoms with Gasteiger partial charge in [-0.15, -0.1) is 0 Å². The van der Waals surface area contributed by atoms with E-state index in [0.717, 1.165) is 27.9 Å². The van der Waals surface area contributed by atoms with Crippen molar-refractivity contribution in [3.8, 4) is 11.1 Å². The van der Waals surface area contributed by atoms with Gasteiger partial charge in [-0.1, -0.05) is 55.1 Å². The minimum atomic E-state index is -0.286. The summed E-state index contributed by atoms with van der Waals surface area (Å²) in [5.74, 6) is 0.606. The molecule has 2 aromatic carbocycles. The van der Waals surface area contributed by atoms with E-state index in [1.54, 1.807) is 0 Å². The first-order valence-electron chi connectivity index (χ1n) is 10.5. The van der Waals surface area contributed by atoms with Crippen molar-refractivity contribution >= 4 is 17.6 Å². The molecule has 4 rings (SSSR count). The van der Waals surface area contributed by atoms with Gasteiger partial charge in [0.1, 0.15) is 0 Å². The van der Waals surface area contributed by atoms with Gasteiger partial charge in [0.2, 0.25) is 11.8 Å². The van der Waals surface area contributed by atoms with Gasteiger partial charge in [0.15, 0.2) is 5.82 Å². The molecule has 0 radical (unpaired) electrons. The van der Waals surface area contributed by atoms with Crippen molar-refractivity contribution in [2.24, 2.45) is 0 Å². The molecule has 1 aliphatic rings. The number of rotatable bonds is 8. The van der Waals surface area contributed by atoms with Crippen molar-refractivity contribution in [1.29, 1.82) is 0 Å². The Labute approximate surface area is 181 Å². The number of nitrogens with zero attached hydrogens (tertiary/aromatic N) is 1. The molecule has 1 heterocycles. The zero-order valence-corrected chi connectivity index (χ0v) is 17.5. The lowest BCUT2D eigenvalue weighted by Gasteiger charge is -2.12. The second-order valence-electron chi connectivity index (χ2n) is 7.93. The largest absolute Gasteiger partial charge is 0.348 e. The highest BCUT2D eigenvalue weighted by atomic mass is 16.2. The summed E-state index contributed by atoms with van der Waals surface area (Å²) in [6, 6.07) is 18.0. The monoisotopic (exact) mass is 414 g/mol. The highest BCUT2D eigenvalue weighted by molar-refractivity contribution is 5.95.